The van der Waals surface area contributed by atoms with Crippen LogP contribution in [0.4, 0.5) is 11.6 Å². The summed E-state index contributed by atoms with van der Waals surface area (Å²) in [7, 11) is 0. The van der Waals surface area contributed by atoms with Gasteiger partial charge in [0.2, 0.25) is 11.8 Å². The summed E-state index contributed by atoms with van der Waals surface area (Å²) in [4.78, 5) is 44.7. The molecule has 2 saturated heterocycles. The number of ether oxygens (including phenoxy) is 1. The number of aromatic nitrogens is 3. The number of aliphatic hydroxyl groups excluding tert-OH is 1. The first kappa shape index (κ1) is 24.5. The second kappa shape index (κ2) is 10.8. The van der Waals surface area contributed by atoms with Crippen molar-refractivity contribution >= 4 is 45.0 Å². The minimum atomic E-state index is -0.437. The van der Waals surface area contributed by atoms with Crippen molar-refractivity contribution in [1.82, 2.24) is 24.8 Å². The van der Waals surface area contributed by atoms with Gasteiger partial charge < -0.3 is 25.0 Å². The number of hydrogen-bond acceptors (Lipinski definition) is 10. The zero-order valence-electron chi connectivity index (χ0n) is 20.1. The van der Waals surface area contributed by atoms with Crippen LogP contribution in [0, 0.1) is 0 Å². The minimum absolute atomic E-state index is 0.172. The van der Waals surface area contributed by atoms with Crippen LogP contribution in [-0.2, 0) is 20.9 Å². The van der Waals surface area contributed by atoms with Gasteiger partial charge in [0.1, 0.15) is 12.4 Å². The fraction of sp³-hybridized carbons (Fsp3) is 0.458. The van der Waals surface area contributed by atoms with Gasteiger partial charge in [-0.25, -0.2) is 15.0 Å². The lowest BCUT2D eigenvalue weighted by atomic mass is 10.2. The van der Waals surface area contributed by atoms with Gasteiger partial charge in [0, 0.05) is 69.4 Å². The van der Waals surface area contributed by atoms with Crippen LogP contribution < -0.4 is 10.2 Å². The number of amides is 2. The molecule has 11 nitrogen and oxygen atoms in total. The molecule has 190 valence electrons. The molecule has 0 spiro atoms. The van der Waals surface area contributed by atoms with E-state index in [2.05, 4.69) is 26.2 Å². The molecular weight excluding hydrogens is 482 g/mol. The van der Waals surface area contributed by atoms with E-state index in [1.165, 1.54) is 11.8 Å². The summed E-state index contributed by atoms with van der Waals surface area (Å²) in [5.41, 5.74) is 1.67. The highest BCUT2D eigenvalue weighted by molar-refractivity contribution is 7.19. The molecule has 2 fully saturated rings. The largest absolute Gasteiger partial charge is 0.387 e. The van der Waals surface area contributed by atoms with Gasteiger partial charge in [0.15, 0.2) is 11.6 Å². The third-order valence-corrected chi connectivity index (χ3v) is 7.39. The number of carbonyl (C=O) groups is 2. The van der Waals surface area contributed by atoms with E-state index in [9.17, 15) is 9.59 Å². The highest BCUT2D eigenvalue weighted by Gasteiger charge is 2.23. The van der Waals surface area contributed by atoms with E-state index >= 15 is 0 Å². The van der Waals surface area contributed by atoms with Gasteiger partial charge in [-0.2, -0.15) is 0 Å². The number of nitrogens with zero attached hydrogens (tertiary/aromatic N) is 6. The number of thiophene rings is 1. The van der Waals surface area contributed by atoms with E-state index in [0.717, 1.165) is 54.3 Å². The standard InChI is InChI=1S/C24H29N7O4S/c1-16(33)26-20-3-2-17(13-25-20)23-27-19-12-18(14-29-4-6-30(7-5-29)21(34)15-32)36-22(19)24(28-23)31-8-10-35-11-9-31/h2-3,12-13,32H,4-11,14-15H2,1H3,(H,25,26,33). The van der Waals surface area contributed by atoms with E-state index < -0.39 is 6.61 Å². The van der Waals surface area contributed by atoms with E-state index in [1.807, 2.05) is 6.07 Å². The average Bonchev–Trinajstić information content (AvgIpc) is 3.31. The summed E-state index contributed by atoms with van der Waals surface area (Å²) >= 11 is 1.70. The summed E-state index contributed by atoms with van der Waals surface area (Å²) in [5.74, 6) is 1.59. The van der Waals surface area contributed by atoms with Crippen LogP contribution in [0.2, 0.25) is 0 Å². The molecule has 12 heteroatoms. The topological polar surface area (TPSA) is 124 Å². The Balaban J connectivity index is 1.42. The van der Waals surface area contributed by atoms with Crippen LogP contribution in [0.5, 0.6) is 0 Å². The zero-order valence-corrected chi connectivity index (χ0v) is 21.0. The first-order chi connectivity index (χ1) is 17.5. The number of piperazine rings is 1. The molecule has 2 aliphatic heterocycles. The number of aliphatic hydroxyl groups is 1. The monoisotopic (exact) mass is 511 g/mol. The predicted octanol–water partition coefficient (Wildman–Crippen LogP) is 1.18. The van der Waals surface area contributed by atoms with Crippen molar-refractivity contribution in [1.29, 1.82) is 0 Å². The molecule has 5 heterocycles. The third kappa shape index (κ3) is 5.46. The fourth-order valence-corrected chi connectivity index (χ4v) is 5.57. The number of pyridine rings is 1. The van der Waals surface area contributed by atoms with Crippen LogP contribution in [-0.4, -0.2) is 101 Å². The number of fused-ring (bicyclic) bond motifs is 1. The molecule has 0 atom stereocenters. The number of rotatable bonds is 6. The molecular formula is C24H29N7O4S. The van der Waals surface area contributed by atoms with Gasteiger partial charge >= 0.3 is 0 Å². The number of hydrogen-bond donors (Lipinski definition) is 2. The summed E-state index contributed by atoms with van der Waals surface area (Å²) < 4.78 is 6.60. The van der Waals surface area contributed by atoms with Crippen LogP contribution in [0.15, 0.2) is 24.4 Å². The molecule has 2 aliphatic rings. The van der Waals surface area contributed by atoms with E-state index in [1.54, 1.807) is 28.5 Å². The molecule has 2 amide bonds. The second-order valence-corrected chi connectivity index (χ2v) is 9.96. The minimum Gasteiger partial charge on any atom is -0.387 e. The Labute approximate surface area is 212 Å². The van der Waals surface area contributed by atoms with E-state index in [0.29, 0.717) is 37.9 Å². The maximum atomic E-state index is 11.8. The lowest BCUT2D eigenvalue weighted by molar-refractivity contribution is -0.136. The van der Waals surface area contributed by atoms with Crippen molar-refractivity contribution in [3.8, 4) is 11.4 Å². The van der Waals surface area contributed by atoms with Gasteiger partial charge in [-0.3, -0.25) is 14.5 Å². The van der Waals surface area contributed by atoms with Crippen LogP contribution in [0.1, 0.15) is 11.8 Å². The lowest BCUT2D eigenvalue weighted by Gasteiger charge is -2.34. The first-order valence-corrected chi connectivity index (χ1v) is 12.8. The quantitative estimate of drug-likeness (QED) is 0.502. The molecule has 36 heavy (non-hydrogen) atoms. The molecule has 0 saturated carbocycles. The maximum Gasteiger partial charge on any atom is 0.248 e. The second-order valence-electron chi connectivity index (χ2n) is 8.83. The maximum absolute atomic E-state index is 11.8. The number of carbonyl (C=O) groups excluding carboxylic acids is 2. The molecule has 2 N–H and O–H groups in total. The van der Waals surface area contributed by atoms with Crippen molar-refractivity contribution in [3.05, 3.63) is 29.3 Å². The van der Waals surface area contributed by atoms with Crippen LogP contribution in [0.3, 0.4) is 0 Å². The summed E-state index contributed by atoms with van der Waals surface area (Å²) in [6.45, 7) is 7.39. The van der Waals surface area contributed by atoms with Gasteiger partial charge in [0.25, 0.3) is 0 Å². The summed E-state index contributed by atoms with van der Waals surface area (Å²) in [5, 5.41) is 11.8. The molecule has 3 aromatic heterocycles. The number of nitrogens with one attached hydrogen (secondary N) is 1. The van der Waals surface area contributed by atoms with Crippen molar-refractivity contribution in [2.45, 2.75) is 13.5 Å². The molecule has 0 radical (unpaired) electrons. The normalized spacial score (nSPS) is 16.9. The Morgan fingerprint density at radius 3 is 2.56 bits per heavy atom. The molecule has 0 aliphatic carbocycles. The summed E-state index contributed by atoms with van der Waals surface area (Å²) in [6.07, 6.45) is 1.68. The Morgan fingerprint density at radius 2 is 1.89 bits per heavy atom. The first-order valence-electron chi connectivity index (χ1n) is 12.0. The van der Waals surface area contributed by atoms with Gasteiger partial charge in [0.05, 0.1) is 23.4 Å². The van der Waals surface area contributed by atoms with Crippen molar-refractivity contribution < 1.29 is 19.4 Å². The van der Waals surface area contributed by atoms with Gasteiger partial charge in [-0.05, 0) is 18.2 Å². The highest BCUT2D eigenvalue weighted by atomic mass is 32.1. The van der Waals surface area contributed by atoms with Gasteiger partial charge in [-0.1, -0.05) is 0 Å². The smallest absolute Gasteiger partial charge is 0.248 e. The van der Waals surface area contributed by atoms with E-state index in [4.69, 9.17) is 19.8 Å². The Hall–Kier alpha value is -3.19. The lowest BCUT2D eigenvalue weighted by Crippen LogP contribution is -2.49. The average molecular weight is 512 g/mol. The predicted molar refractivity (Wildman–Crippen MR) is 137 cm³/mol. The molecule has 0 bridgehead atoms. The number of anilines is 2. The Morgan fingerprint density at radius 1 is 1.11 bits per heavy atom. The van der Waals surface area contributed by atoms with Crippen LogP contribution in [0.25, 0.3) is 21.6 Å². The van der Waals surface area contributed by atoms with Crippen LogP contribution >= 0.6 is 11.3 Å². The zero-order chi connectivity index (χ0) is 25.1. The van der Waals surface area contributed by atoms with Crippen molar-refractivity contribution in [2.75, 3.05) is 69.3 Å². The molecule has 0 aromatic carbocycles. The molecule has 3 aromatic rings. The van der Waals surface area contributed by atoms with Gasteiger partial charge in [-0.15, -0.1) is 11.3 Å². The van der Waals surface area contributed by atoms with Crippen molar-refractivity contribution in [2.24, 2.45) is 0 Å². The SMILES string of the molecule is CC(=O)Nc1ccc(-c2nc(N3CCOCC3)c3sc(CN4CCN(C(=O)CO)CC4)cc3n2)cn1. The fourth-order valence-electron chi connectivity index (χ4n) is 4.42. The summed E-state index contributed by atoms with van der Waals surface area (Å²) in [6, 6.07) is 5.74. The Bertz CT molecular complexity index is 1240. The Kier molecular flexibility index (Phi) is 7.37. The van der Waals surface area contributed by atoms with Crippen molar-refractivity contribution in [3.63, 3.8) is 0 Å². The third-order valence-electron chi connectivity index (χ3n) is 6.28. The number of morpholine rings is 1. The highest BCUT2D eigenvalue weighted by Crippen LogP contribution is 2.35. The molecule has 5 rings (SSSR count). The molecule has 0 unspecified atom stereocenters. The van der Waals surface area contributed by atoms with E-state index in [-0.39, 0.29) is 11.8 Å².